The molecule has 17 heavy (non-hydrogen) atoms. The van der Waals surface area contributed by atoms with Gasteiger partial charge in [-0.2, -0.15) is 0 Å². The second kappa shape index (κ2) is 7.01. The third-order valence-electron chi connectivity index (χ3n) is 2.84. The van der Waals surface area contributed by atoms with Crippen LogP contribution in [0.15, 0.2) is 18.5 Å². The van der Waals surface area contributed by atoms with Gasteiger partial charge in [0.2, 0.25) is 5.91 Å². The van der Waals surface area contributed by atoms with E-state index in [0.717, 1.165) is 24.1 Å². The predicted molar refractivity (Wildman–Crippen MR) is 69.7 cm³/mol. The van der Waals surface area contributed by atoms with Crippen molar-refractivity contribution in [1.82, 2.24) is 4.98 Å². The molecule has 1 aromatic heterocycles. The van der Waals surface area contributed by atoms with E-state index in [2.05, 4.69) is 17.2 Å². The molecule has 4 heteroatoms. The summed E-state index contributed by atoms with van der Waals surface area (Å²) < 4.78 is 0. The maximum absolute atomic E-state index is 11.7. The fraction of sp³-hybridized carbons (Fsp3) is 0.538. The van der Waals surface area contributed by atoms with Crippen molar-refractivity contribution >= 4 is 11.6 Å². The normalized spacial score (nSPS) is 12.2. The van der Waals surface area contributed by atoms with Crippen LogP contribution in [0.5, 0.6) is 0 Å². The quantitative estimate of drug-likeness (QED) is 0.793. The molecule has 0 aliphatic carbocycles. The zero-order valence-electron chi connectivity index (χ0n) is 10.6. The number of carbonyl (C=O) groups excluding carboxylic acids is 1. The van der Waals surface area contributed by atoms with Gasteiger partial charge in [-0.25, -0.2) is 0 Å². The predicted octanol–water partition coefficient (Wildman–Crippen LogP) is 2.09. The molecule has 1 rings (SSSR count). The van der Waals surface area contributed by atoms with Crippen LogP contribution in [-0.4, -0.2) is 17.4 Å². The van der Waals surface area contributed by atoms with E-state index >= 15 is 0 Å². The Kier molecular flexibility index (Phi) is 5.63. The molecule has 0 aromatic carbocycles. The Hall–Kier alpha value is -1.42. The molecule has 0 aliphatic heterocycles. The first-order valence-corrected chi connectivity index (χ1v) is 6.04. The van der Waals surface area contributed by atoms with E-state index in [9.17, 15) is 4.79 Å². The van der Waals surface area contributed by atoms with Crippen LogP contribution in [0.1, 0.15) is 31.7 Å². The fourth-order valence-corrected chi connectivity index (χ4v) is 1.61. The summed E-state index contributed by atoms with van der Waals surface area (Å²) in [5.41, 5.74) is 7.30. The van der Waals surface area contributed by atoms with Crippen molar-refractivity contribution in [1.29, 1.82) is 0 Å². The van der Waals surface area contributed by atoms with Crippen LogP contribution in [0, 0.1) is 12.8 Å². The molecule has 0 fully saturated rings. The summed E-state index contributed by atoms with van der Waals surface area (Å²) >= 11 is 0. The van der Waals surface area contributed by atoms with Gasteiger partial charge in [0.1, 0.15) is 0 Å². The molecular weight excluding hydrogens is 214 g/mol. The summed E-state index contributed by atoms with van der Waals surface area (Å²) in [6, 6.07) is 1.88. The molecule has 1 atom stereocenters. The molecule has 94 valence electrons. The van der Waals surface area contributed by atoms with E-state index in [4.69, 9.17) is 5.73 Å². The summed E-state index contributed by atoms with van der Waals surface area (Å²) in [7, 11) is 0. The highest BCUT2D eigenvalue weighted by molar-refractivity contribution is 5.91. The Balaban J connectivity index is 2.37. The third-order valence-corrected chi connectivity index (χ3v) is 2.84. The van der Waals surface area contributed by atoms with Gasteiger partial charge in [0.25, 0.3) is 0 Å². The zero-order chi connectivity index (χ0) is 12.7. The van der Waals surface area contributed by atoms with E-state index in [1.807, 2.05) is 13.0 Å². The highest BCUT2D eigenvalue weighted by Crippen LogP contribution is 2.14. The second-order valence-electron chi connectivity index (χ2n) is 4.46. The number of hydrogen-bond acceptors (Lipinski definition) is 3. The lowest BCUT2D eigenvalue weighted by atomic mass is 10.0. The first-order chi connectivity index (χ1) is 8.13. The van der Waals surface area contributed by atoms with Crippen LogP contribution >= 0.6 is 0 Å². The summed E-state index contributed by atoms with van der Waals surface area (Å²) in [5, 5.41) is 2.87. The molecule has 3 N–H and O–H groups in total. The average molecular weight is 235 g/mol. The Morgan fingerprint density at radius 3 is 2.94 bits per heavy atom. The van der Waals surface area contributed by atoms with Gasteiger partial charge in [-0.3, -0.25) is 9.78 Å². The maximum Gasteiger partial charge on any atom is 0.224 e. The van der Waals surface area contributed by atoms with Crippen molar-refractivity contribution in [2.24, 2.45) is 11.7 Å². The summed E-state index contributed by atoms with van der Waals surface area (Å²) in [6.07, 6.45) is 5.78. The van der Waals surface area contributed by atoms with Gasteiger partial charge in [0, 0.05) is 12.6 Å². The number of pyridine rings is 1. The van der Waals surface area contributed by atoms with Crippen molar-refractivity contribution in [2.75, 3.05) is 11.9 Å². The lowest BCUT2D eigenvalue weighted by Gasteiger charge is -2.10. The molecule has 0 saturated carbocycles. The molecule has 0 aliphatic rings. The smallest absolute Gasteiger partial charge is 0.224 e. The van der Waals surface area contributed by atoms with Gasteiger partial charge < -0.3 is 11.1 Å². The number of nitrogens with one attached hydrogen (secondary N) is 1. The molecule has 4 nitrogen and oxygen atoms in total. The first-order valence-electron chi connectivity index (χ1n) is 6.04. The molecule has 1 heterocycles. The second-order valence-corrected chi connectivity index (χ2v) is 4.46. The van der Waals surface area contributed by atoms with Crippen LogP contribution in [0.4, 0.5) is 5.69 Å². The number of nitrogens with zero attached hydrogens (tertiary/aromatic N) is 1. The summed E-state index contributed by atoms with van der Waals surface area (Å²) in [6.45, 7) is 4.76. The van der Waals surface area contributed by atoms with E-state index in [1.54, 1.807) is 12.4 Å². The van der Waals surface area contributed by atoms with E-state index in [1.165, 1.54) is 0 Å². The Morgan fingerprint density at radius 1 is 1.53 bits per heavy atom. The van der Waals surface area contributed by atoms with Crippen molar-refractivity contribution in [2.45, 2.75) is 33.1 Å². The SMILES string of the molecule is Cc1ccncc1NC(=O)CCC(C)CCN. The van der Waals surface area contributed by atoms with Crippen molar-refractivity contribution < 1.29 is 4.79 Å². The van der Waals surface area contributed by atoms with Crippen LogP contribution in [-0.2, 0) is 4.79 Å². The molecule has 0 bridgehead atoms. The van der Waals surface area contributed by atoms with Gasteiger partial charge in [-0.15, -0.1) is 0 Å². The first kappa shape index (κ1) is 13.6. The molecule has 0 saturated heterocycles. The largest absolute Gasteiger partial charge is 0.330 e. The monoisotopic (exact) mass is 235 g/mol. The summed E-state index contributed by atoms with van der Waals surface area (Å²) in [5.74, 6) is 0.547. The number of nitrogens with two attached hydrogens (primary N) is 1. The minimum atomic E-state index is 0.0463. The lowest BCUT2D eigenvalue weighted by Crippen LogP contribution is -2.14. The molecule has 1 amide bonds. The lowest BCUT2D eigenvalue weighted by molar-refractivity contribution is -0.116. The average Bonchev–Trinajstić information content (AvgIpc) is 2.30. The molecule has 0 radical (unpaired) electrons. The van der Waals surface area contributed by atoms with Crippen molar-refractivity contribution in [3.05, 3.63) is 24.0 Å². The Bertz CT molecular complexity index is 365. The van der Waals surface area contributed by atoms with Crippen LogP contribution in [0.3, 0.4) is 0 Å². The van der Waals surface area contributed by atoms with Crippen LogP contribution in [0.2, 0.25) is 0 Å². The number of rotatable bonds is 6. The number of amides is 1. The van der Waals surface area contributed by atoms with Gasteiger partial charge in [0.05, 0.1) is 11.9 Å². The molecule has 0 spiro atoms. The third kappa shape index (κ3) is 4.95. The Morgan fingerprint density at radius 2 is 2.29 bits per heavy atom. The number of aryl methyl sites for hydroxylation is 1. The number of hydrogen-bond donors (Lipinski definition) is 2. The van der Waals surface area contributed by atoms with Crippen molar-refractivity contribution in [3.8, 4) is 0 Å². The zero-order valence-corrected chi connectivity index (χ0v) is 10.6. The summed E-state index contributed by atoms with van der Waals surface area (Å²) in [4.78, 5) is 15.7. The van der Waals surface area contributed by atoms with Crippen LogP contribution in [0.25, 0.3) is 0 Å². The van der Waals surface area contributed by atoms with Gasteiger partial charge in [0.15, 0.2) is 0 Å². The minimum absolute atomic E-state index is 0.0463. The maximum atomic E-state index is 11.7. The minimum Gasteiger partial charge on any atom is -0.330 e. The fourth-order valence-electron chi connectivity index (χ4n) is 1.61. The highest BCUT2D eigenvalue weighted by atomic mass is 16.1. The van der Waals surface area contributed by atoms with Crippen molar-refractivity contribution in [3.63, 3.8) is 0 Å². The van der Waals surface area contributed by atoms with Gasteiger partial charge in [-0.05, 0) is 43.9 Å². The Labute approximate surface area is 103 Å². The molecule has 1 aromatic rings. The highest BCUT2D eigenvalue weighted by Gasteiger charge is 2.07. The van der Waals surface area contributed by atoms with E-state index in [0.29, 0.717) is 18.9 Å². The number of anilines is 1. The van der Waals surface area contributed by atoms with Crippen LogP contribution < -0.4 is 11.1 Å². The van der Waals surface area contributed by atoms with Gasteiger partial charge >= 0.3 is 0 Å². The topological polar surface area (TPSA) is 68.0 Å². The van der Waals surface area contributed by atoms with Gasteiger partial charge in [-0.1, -0.05) is 6.92 Å². The standard InChI is InChI=1S/C13H21N3O/c1-10(5-7-14)3-4-13(17)16-12-9-15-8-6-11(12)2/h6,8-10H,3-5,7,14H2,1-2H3,(H,16,17). The number of aromatic nitrogens is 1. The van der Waals surface area contributed by atoms with E-state index < -0.39 is 0 Å². The number of carbonyl (C=O) groups is 1. The molecular formula is C13H21N3O. The molecule has 1 unspecified atom stereocenters. The van der Waals surface area contributed by atoms with E-state index in [-0.39, 0.29) is 5.91 Å².